The summed E-state index contributed by atoms with van der Waals surface area (Å²) in [5.74, 6) is -0.567. The van der Waals surface area contributed by atoms with E-state index in [1.54, 1.807) is 19.2 Å². The molecule has 0 atom stereocenters. The largest absolute Gasteiger partial charge is 0.395 e. The third-order valence-electron chi connectivity index (χ3n) is 2.30. The SMILES string of the molecule is COCCN(CCO)c1ccnc(C(N)=O)c1. The van der Waals surface area contributed by atoms with Crippen LogP contribution in [-0.2, 0) is 4.74 Å². The predicted octanol–water partition coefficient (Wildman–Crippen LogP) is -0.374. The number of methoxy groups -OCH3 is 1. The van der Waals surface area contributed by atoms with E-state index in [0.29, 0.717) is 19.7 Å². The van der Waals surface area contributed by atoms with Crippen molar-refractivity contribution in [1.29, 1.82) is 0 Å². The van der Waals surface area contributed by atoms with Crippen LogP contribution in [0.3, 0.4) is 0 Å². The molecule has 1 amide bonds. The van der Waals surface area contributed by atoms with Crippen LogP contribution >= 0.6 is 0 Å². The summed E-state index contributed by atoms with van der Waals surface area (Å²) < 4.78 is 4.99. The first-order valence-corrected chi connectivity index (χ1v) is 5.29. The Morgan fingerprint density at radius 2 is 2.35 bits per heavy atom. The Bertz CT molecular complexity index is 371. The summed E-state index contributed by atoms with van der Waals surface area (Å²) in [5, 5.41) is 8.99. The normalized spacial score (nSPS) is 10.2. The monoisotopic (exact) mass is 239 g/mol. The van der Waals surface area contributed by atoms with Gasteiger partial charge in [0.1, 0.15) is 5.69 Å². The second-order valence-corrected chi connectivity index (χ2v) is 3.47. The number of carbonyl (C=O) groups is 1. The Kier molecular flexibility index (Phi) is 5.38. The van der Waals surface area contributed by atoms with Crippen LogP contribution in [0.5, 0.6) is 0 Å². The number of primary amides is 1. The Morgan fingerprint density at radius 1 is 1.59 bits per heavy atom. The number of pyridine rings is 1. The molecule has 3 N–H and O–H groups in total. The minimum absolute atomic E-state index is 0.0257. The predicted molar refractivity (Wildman–Crippen MR) is 63.9 cm³/mol. The molecule has 94 valence electrons. The third-order valence-corrected chi connectivity index (χ3v) is 2.30. The first kappa shape index (κ1) is 13.4. The van der Waals surface area contributed by atoms with Gasteiger partial charge in [0.15, 0.2) is 0 Å². The summed E-state index contributed by atoms with van der Waals surface area (Å²) in [6, 6.07) is 3.37. The second kappa shape index (κ2) is 6.82. The third kappa shape index (κ3) is 4.01. The number of amides is 1. The lowest BCUT2D eigenvalue weighted by molar-refractivity contribution is 0.0995. The maximum Gasteiger partial charge on any atom is 0.267 e. The van der Waals surface area contributed by atoms with Crippen molar-refractivity contribution in [2.75, 3.05) is 38.3 Å². The standard InChI is InChI=1S/C11H17N3O3/c1-17-7-5-14(4-6-15)9-2-3-13-10(8-9)11(12)16/h2-3,8,15H,4-7H2,1H3,(H2,12,16). The van der Waals surface area contributed by atoms with Crippen LogP contribution in [0.1, 0.15) is 10.5 Å². The fraction of sp³-hybridized carbons (Fsp3) is 0.455. The van der Waals surface area contributed by atoms with E-state index in [1.165, 1.54) is 6.20 Å². The number of hydrogen-bond donors (Lipinski definition) is 2. The lowest BCUT2D eigenvalue weighted by Crippen LogP contribution is -2.30. The maximum atomic E-state index is 11.0. The van der Waals surface area contributed by atoms with Gasteiger partial charge in [0.25, 0.3) is 5.91 Å². The summed E-state index contributed by atoms with van der Waals surface area (Å²) >= 11 is 0. The number of aliphatic hydroxyl groups excluding tert-OH is 1. The van der Waals surface area contributed by atoms with Crippen molar-refractivity contribution in [3.05, 3.63) is 24.0 Å². The molecule has 0 radical (unpaired) electrons. The Morgan fingerprint density at radius 3 is 2.94 bits per heavy atom. The molecule has 0 saturated carbocycles. The highest BCUT2D eigenvalue weighted by Gasteiger charge is 2.09. The Balaban J connectivity index is 2.84. The van der Waals surface area contributed by atoms with Crippen LogP contribution in [0.25, 0.3) is 0 Å². The second-order valence-electron chi connectivity index (χ2n) is 3.47. The molecule has 1 aromatic rings. The molecule has 0 saturated heterocycles. The molecule has 0 bridgehead atoms. The number of aromatic nitrogens is 1. The topological polar surface area (TPSA) is 88.7 Å². The molecule has 0 aromatic carbocycles. The van der Waals surface area contributed by atoms with Gasteiger partial charge in [0.05, 0.1) is 13.2 Å². The zero-order chi connectivity index (χ0) is 12.7. The molecule has 0 unspecified atom stereocenters. The summed E-state index contributed by atoms with van der Waals surface area (Å²) in [4.78, 5) is 16.8. The fourth-order valence-corrected chi connectivity index (χ4v) is 1.44. The Labute approximate surface area is 100 Å². The van der Waals surface area contributed by atoms with E-state index < -0.39 is 5.91 Å². The molecule has 6 nitrogen and oxygen atoms in total. The van der Waals surface area contributed by atoms with E-state index in [1.807, 2.05) is 4.90 Å². The van der Waals surface area contributed by atoms with Gasteiger partial charge >= 0.3 is 0 Å². The van der Waals surface area contributed by atoms with E-state index in [9.17, 15) is 4.79 Å². The van der Waals surface area contributed by atoms with E-state index in [4.69, 9.17) is 15.6 Å². The smallest absolute Gasteiger partial charge is 0.267 e. The van der Waals surface area contributed by atoms with Crippen LogP contribution in [-0.4, -0.2) is 49.4 Å². The van der Waals surface area contributed by atoms with Crippen molar-refractivity contribution in [3.63, 3.8) is 0 Å². The summed E-state index contributed by atoms with van der Waals surface area (Å²) in [7, 11) is 1.61. The average Bonchev–Trinajstić information content (AvgIpc) is 2.34. The molecule has 0 aliphatic heterocycles. The quantitative estimate of drug-likeness (QED) is 0.677. The minimum atomic E-state index is -0.567. The lowest BCUT2D eigenvalue weighted by Gasteiger charge is -2.23. The minimum Gasteiger partial charge on any atom is -0.395 e. The van der Waals surface area contributed by atoms with Gasteiger partial charge in [-0.3, -0.25) is 9.78 Å². The first-order valence-electron chi connectivity index (χ1n) is 5.29. The van der Waals surface area contributed by atoms with Crippen LogP contribution in [0, 0.1) is 0 Å². The zero-order valence-electron chi connectivity index (χ0n) is 9.80. The molecule has 0 fully saturated rings. The van der Waals surface area contributed by atoms with E-state index >= 15 is 0 Å². The summed E-state index contributed by atoms with van der Waals surface area (Å²) in [6.07, 6.45) is 1.52. The van der Waals surface area contributed by atoms with Crippen LogP contribution in [0.15, 0.2) is 18.3 Å². The van der Waals surface area contributed by atoms with Gasteiger partial charge in [-0.15, -0.1) is 0 Å². The van der Waals surface area contributed by atoms with Crippen LogP contribution in [0.4, 0.5) is 5.69 Å². The first-order chi connectivity index (χ1) is 8.19. The number of anilines is 1. The molecule has 1 rings (SSSR count). The van der Waals surface area contributed by atoms with Gasteiger partial charge in [0, 0.05) is 32.1 Å². The zero-order valence-corrected chi connectivity index (χ0v) is 9.80. The molecular weight excluding hydrogens is 222 g/mol. The molecule has 1 aromatic heterocycles. The van der Waals surface area contributed by atoms with E-state index in [2.05, 4.69) is 4.98 Å². The number of aliphatic hydroxyl groups is 1. The molecule has 17 heavy (non-hydrogen) atoms. The molecular formula is C11H17N3O3. The van der Waals surface area contributed by atoms with Crippen molar-refractivity contribution in [2.24, 2.45) is 5.73 Å². The fourth-order valence-electron chi connectivity index (χ4n) is 1.44. The van der Waals surface area contributed by atoms with Crippen LogP contribution in [0.2, 0.25) is 0 Å². The highest BCUT2D eigenvalue weighted by molar-refractivity contribution is 5.91. The van der Waals surface area contributed by atoms with Crippen molar-refractivity contribution >= 4 is 11.6 Å². The van der Waals surface area contributed by atoms with Crippen molar-refractivity contribution < 1.29 is 14.6 Å². The number of nitrogens with zero attached hydrogens (tertiary/aromatic N) is 2. The van der Waals surface area contributed by atoms with Gasteiger partial charge in [-0.1, -0.05) is 0 Å². The number of nitrogens with two attached hydrogens (primary N) is 1. The van der Waals surface area contributed by atoms with Gasteiger partial charge < -0.3 is 20.5 Å². The highest BCUT2D eigenvalue weighted by atomic mass is 16.5. The number of rotatable bonds is 7. The molecule has 6 heteroatoms. The summed E-state index contributed by atoms with van der Waals surface area (Å²) in [6.45, 7) is 1.65. The van der Waals surface area contributed by atoms with Crippen molar-refractivity contribution in [2.45, 2.75) is 0 Å². The lowest BCUT2D eigenvalue weighted by atomic mass is 10.2. The number of ether oxygens (including phenoxy) is 1. The van der Waals surface area contributed by atoms with Crippen molar-refractivity contribution in [3.8, 4) is 0 Å². The van der Waals surface area contributed by atoms with Crippen LogP contribution < -0.4 is 10.6 Å². The number of hydrogen-bond acceptors (Lipinski definition) is 5. The highest BCUT2D eigenvalue weighted by Crippen LogP contribution is 2.13. The average molecular weight is 239 g/mol. The maximum absolute atomic E-state index is 11.0. The van der Waals surface area contributed by atoms with Gasteiger partial charge in [-0.2, -0.15) is 0 Å². The molecule has 0 aliphatic rings. The molecule has 0 spiro atoms. The van der Waals surface area contributed by atoms with Crippen molar-refractivity contribution in [1.82, 2.24) is 4.98 Å². The number of carbonyl (C=O) groups excluding carboxylic acids is 1. The van der Waals surface area contributed by atoms with E-state index in [0.717, 1.165) is 5.69 Å². The van der Waals surface area contributed by atoms with E-state index in [-0.39, 0.29) is 12.3 Å². The van der Waals surface area contributed by atoms with Gasteiger partial charge in [-0.25, -0.2) is 0 Å². The van der Waals surface area contributed by atoms with Gasteiger partial charge in [-0.05, 0) is 12.1 Å². The molecule has 0 aliphatic carbocycles. The Hall–Kier alpha value is -1.66. The molecule has 1 heterocycles. The summed E-state index contributed by atoms with van der Waals surface area (Å²) in [5.41, 5.74) is 6.17. The van der Waals surface area contributed by atoms with Gasteiger partial charge in [0.2, 0.25) is 0 Å².